The minimum absolute atomic E-state index is 0.115. The van der Waals surface area contributed by atoms with Gasteiger partial charge in [-0.05, 0) is 20.8 Å². The van der Waals surface area contributed by atoms with Crippen LogP contribution in [0.3, 0.4) is 0 Å². The third-order valence-corrected chi connectivity index (χ3v) is 1.52. The first kappa shape index (κ1) is 14.4. The summed E-state index contributed by atoms with van der Waals surface area (Å²) in [5, 5.41) is 0. The van der Waals surface area contributed by atoms with E-state index in [-0.39, 0.29) is 12.0 Å². The second-order valence-corrected chi connectivity index (χ2v) is 4.18. The molecule has 0 fully saturated rings. The van der Waals surface area contributed by atoms with Crippen molar-refractivity contribution in [2.24, 2.45) is 0 Å². The van der Waals surface area contributed by atoms with Crippen LogP contribution in [-0.4, -0.2) is 24.6 Å². The predicted molar refractivity (Wildman–Crippen MR) is 60.8 cm³/mol. The first-order valence-corrected chi connectivity index (χ1v) is 4.92. The van der Waals surface area contributed by atoms with E-state index in [0.29, 0.717) is 0 Å². The zero-order valence-corrected chi connectivity index (χ0v) is 10.2. The van der Waals surface area contributed by atoms with Gasteiger partial charge in [0.2, 0.25) is 0 Å². The molecule has 0 aromatic carbocycles. The molecule has 90 valence electrons. The number of methoxy groups -OCH3 is 1. The summed E-state index contributed by atoms with van der Waals surface area (Å²) >= 11 is 0. The van der Waals surface area contributed by atoms with E-state index in [2.05, 4.69) is 11.3 Å². The van der Waals surface area contributed by atoms with Gasteiger partial charge in [-0.15, -0.1) is 0 Å². The Morgan fingerprint density at radius 3 is 2.25 bits per heavy atom. The van der Waals surface area contributed by atoms with Crippen molar-refractivity contribution < 1.29 is 19.1 Å². The van der Waals surface area contributed by atoms with Gasteiger partial charge in [-0.25, -0.2) is 4.79 Å². The maximum Gasteiger partial charge on any atom is 0.334 e. The third kappa shape index (κ3) is 6.01. The molecule has 0 atom stereocenters. The summed E-state index contributed by atoms with van der Waals surface area (Å²) in [4.78, 5) is 22.7. The van der Waals surface area contributed by atoms with Crippen molar-refractivity contribution in [1.29, 1.82) is 0 Å². The SMILES string of the molecule is C=C/C=C(\CC(=O)OC(C)(C)C)C(=O)OC. The summed E-state index contributed by atoms with van der Waals surface area (Å²) in [7, 11) is 1.26. The lowest BCUT2D eigenvalue weighted by Crippen LogP contribution is -2.24. The normalized spacial score (nSPS) is 11.9. The molecule has 0 heterocycles. The third-order valence-electron chi connectivity index (χ3n) is 1.52. The largest absolute Gasteiger partial charge is 0.466 e. The first-order chi connectivity index (χ1) is 7.30. The molecule has 4 heteroatoms. The Hall–Kier alpha value is -1.58. The van der Waals surface area contributed by atoms with Crippen LogP contribution in [-0.2, 0) is 19.1 Å². The maximum atomic E-state index is 11.5. The Bertz CT molecular complexity index is 307. The molecule has 0 amide bonds. The van der Waals surface area contributed by atoms with Gasteiger partial charge in [0.15, 0.2) is 0 Å². The highest BCUT2D eigenvalue weighted by atomic mass is 16.6. The highest BCUT2D eigenvalue weighted by molar-refractivity contribution is 5.94. The molecule has 0 saturated carbocycles. The number of ether oxygens (including phenoxy) is 2. The lowest BCUT2D eigenvalue weighted by atomic mass is 10.1. The molecular formula is C12H18O4. The fraction of sp³-hybridized carbons (Fsp3) is 0.500. The summed E-state index contributed by atoms with van der Waals surface area (Å²) in [5.74, 6) is -1.02. The minimum Gasteiger partial charge on any atom is -0.466 e. The van der Waals surface area contributed by atoms with Crippen molar-refractivity contribution in [3.05, 3.63) is 24.3 Å². The molecule has 0 aromatic rings. The van der Waals surface area contributed by atoms with Gasteiger partial charge in [0.1, 0.15) is 5.60 Å². The first-order valence-electron chi connectivity index (χ1n) is 4.92. The predicted octanol–water partition coefficient (Wildman–Crippen LogP) is 2.00. The van der Waals surface area contributed by atoms with Crippen LogP contribution >= 0.6 is 0 Å². The van der Waals surface area contributed by atoms with Gasteiger partial charge in [-0.1, -0.05) is 18.7 Å². The fourth-order valence-corrected chi connectivity index (χ4v) is 1.01. The molecule has 0 aromatic heterocycles. The van der Waals surface area contributed by atoms with E-state index in [0.717, 1.165) is 0 Å². The molecule has 16 heavy (non-hydrogen) atoms. The Morgan fingerprint density at radius 2 is 1.88 bits per heavy atom. The van der Waals surface area contributed by atoms with Gasteiger partial charge in [0.05, 0.1) is 13.5 Å². The van der Waals surface area contributed by atoms with Crippen molar-refractivity contribution >= 4 is 11.9 Å². The Labute approximate surface area is 95.9 Å². The average Bonchev–Trinajstić information content (AvgIpc) is 2.13. The Kier molecular flexibility index (Phi) is 5.50. The van der Waals surface area contributed by atoms with Gasteiger partial charge in [-0.3, -0.25) is 4.79 Å². The summed E-state index contributed by atoms with van der Waals surface area (Å²) in [6, 6.07) is 0. The fourth-order valence-electron chi connectivity index (χ4n) is 1.01. The number of carbonyl (C=O) groups is 2. The lowest BCUT2D eigenvalue weighted by Gasteiger charge is -2.19. The lowest BCUT2D eigenvalue weighted by molar-refractivity contribution is -0.155. The molecule has 4 nitrogen and oxygen atoms in total. The van der Waals surface area contributed by atoms with Crippen molar-refractivity contribution in [1.82, 2.24) is 0 Å². The van der Waals surface area contributed by atoms with Crippen LogP contribution in [0.15, 0.2) is 24.3 Å². The number of allylic oxidation sites excluding steroid dienone is 2. The monoisotopic (exact) mass is 226 g/mol. The zero-order valence-electron chi connectivity index (χ0n) is 10.2. The molecule has 0 aliphatic carbocycles. The van der Waals surface area contributed by atoms with Crippen molar-refractivity contribution in [3.63, 3.8) is 0 Å². The summed E-state index contributed by atoms with van der Waals surface area (Å²) in [6.07, 6.45) is 2.75. The van der Waals surface area contributed by atoms with E-state index in [1.807, 2.05) is 0 Å². The van der Waals surface area contributed by atoms with Crippen LogP contribution in [0.2, 0.25) is 0 Å². The van der Waals surface area contributed by atoms with Gasteiger partial charge in [-0.2, -0.15) is 0 Å². The van der Waals surface area contributed by atoms with Crippen LogP contribution < -0.4 is 0 Å². The molecule has 0 aliphatic rings. The van der Waals surface area contributed by atoms with Crippen molar-refractivity contribution in [2.45, 2.75) is 32.8 Å². The van der Waals surface area contributed by atoms with E-state index >= 15 is 0 Å². The molecule has 0 unspecified atom stereocenters. The highest BCUT2D eigenvalue weighted by Gasteiger charge is 2.20. The van der Waals surface area contributed by atoms with Crippen molar-refractivity contribution in [3.8, 4) is 0 Å². The van der Waals surface area contributed by atoms with Crippen molar-refractivity contribution in [2.75, 3.05) is 7.11 Å². The van der Waals surface area contributed by atoms with Gasteiger partial charge < -0.3 is 9.47 Å². The molecular weight excluding hydrogens is 208 g/mol. The summed E-state index contributed by atoms with van der Waals surface area (Å²) in [5.41, 5.74) is -0.335. The van der Waals surface area contributed by atoms with Gasteiger partial charge in [0.25, 0.3) is 0 Å². The topological polar surface area (TPSA) is 52.6 Å². The van der Waals surface area contributed by atoms with E-state index in [1.54, 1.807) is 20.8 Å². The van der Waals surface area contributed by atoms with E-state index in [9.17, 15) is 9.59 Å². The molecule has 0 spiro atoms. The number of esters is 2. The minimum atomic E-state index is -0.563. The smallest absolute Gasteiger partial charge is 0.334 e. The second-order valence-electron chi connectivity index (χ2n) is 4.18. The molecule has 0 saturated heterocycles. The summed E-state index contributed by atoms with van der Waals surface area (Å²) < 4.78 is 9.62. The van der Waals surface area contributed by atoms with Crippen LogP contribution in [0.1, 0.15) is 27.2 Å². The zero-order chi connectivity index (χ0) is 12.8. The van der Waals surface area contributed by atoms with E-state index < -0.39 is 17.5 Å². The standard InChI is InChI=1S/C12H18O4/c1-6-7-9(11(14)15-5)8-10(13)16-12(2,3)4/h6-7H,1,8H2,2-5H3/b9-7+. The average molecular weight is 226 g/mol. The quantitative estimate of drug-likeness (QED) is 0.418. The Morgan fingerprint density at radius 1 is 1.31 bits per heavy atom. The number of rotatable bonds is 4. The number of carbonyl (C=O) groups excluding carboxylic acids is 2. The summed E-state index contributed by atoms with van der Waals surface area (Å²) in [6.45, 7) is 8.75. The second kappa shape index (κ2) is 6.10. The number of hydrogen-bond acceptors (Lipinski definition) is 4. The van der Waals surface area contributed by atoms with Gasteiger partial charge in [0, 0.05) is 5.57 Å². The van der Waals surface area contributed by atoms with Gasteiger partial charge >= 0.3 is 11.9 Å². The van der Waals surface area contributed by atoms with Crippen LogP contribution in [0.4, 0.5) is 0 Å². The maximum absolute atomic E-state index is 11.5. The molecule has 0 rings (SSSR count). The van der Waals surface area contributed by atoms with E-state index in [1.165, 1.54) is 19.3 Å². The van der Waals surface area contributed by atoms with Crippen LogP contribution in [0.25, 0.3) is 0 Å². The van der Waals surface area contributed by atoms with E-state index in [4.69, 9.17) is 4.74 Å². The number of hydrogen-bond donors (Lipinski definition) is 0. The molecule has 0 radical (unpaired) electrons. The molecule has 0 aliphatic heterocycles. The Balaban J connectivity index is 4.54. The highest BCUT2D eigenvalue weighted by Crippen LogP contribution is 2.12. The van der Waals surface area contributed by atoms with Crippen LogP contribution in [0.5, 0.6) is 0 Å². The van der Waals surface area contributed by atoms with Crippen LogP contribution in [0, 0.1) is 0 Å². The molecule has 0 N–H and O–H groups in total. The molecule has 0 bridgehead atoms.